The van der Waals surface area contributed by atoms with Crippen LogP contribution in [-0.4, -0.2) is 37.3 Å². The van der Waals surface area contributed by atoms with Crippen LogP contribution in [0.25, 0.3) is 0 Å². The summed E-state index contributed by atoms with van der Waals surface area (Å²) >= 11 is 0. The summed E-state index contributed by atoms with van der Waals surface area (Å²) in [4.78, 5) is 35.8. The second kappa shape index (κ2) is 11.6. The second-order valence-corrected chi connectivity index (χ2v) is 6.39. The normalized spacial score (nSPS) is 10.3. The van der Waals surface area contributed by atoms with Gasteiger partial charge >= 0.3 is 0 Å². The highest BCUT2D eigenvalue weighted by molar-refractivity contribution is 5.98. The molecular formula is C22H25FN2O4. The molecule has 0 fully saturated rings. The summed E-state index contributed by atoms with van der Waals surface area (Å²) in [7, 11) is 0. The van der Waals surface area contributed by atoms with Crippen LogP contribution in [0.1, 0.15) is 35.7 Å². The molecule has 0 aliphatic carbocycles. The summed E-state index contributed by atoms with van der Waals surface area (Å²) in [6.45, 7) is 2.95. The number of carbonyl (C=O) groups is 3. The predicted octanol–water partition coefficient (Wildman–Crippen LogP) is 2.66. The Bertz CT molecular complexity index is 837. The number of ketones is 1. The molecule has 7 heteroatoms. The lowest BCUT2D eigenvalue weighted by Gasteiger charge is -2.08. The Hall–Kier alpha value is -3.22. The summed E-state index contributed by atoms with van der Waals surface area (Å²) in [6.07, 6.45) is 0.247. The smallest absolute Gasteiger partial charge is 0.224 e. The first-order valence-corrected chi connectivity index (χ1v) is 9.52. The van der Waals surface area contributed by atoms with E-state index in [4.69, 9.17) is 4.74 Å². The highest BCUT2D eigenvalue weighted by atomic mass is 19.1. The molecule has 0 spiro atoms. The number of nitrogens with one attached hydrogen (secondary N) is 2. The van der Waals surface area contributed by atoms with Gasteiger partial charge in [0.2, 0.25) is 11.8 Å². The van der Waals surface area contributed by atoms with Crippen molar-refractivity contribution in [3.05, 3.63) is 65.5 Å². The van der Waals surface area contributed by atoms with E-state index in [9.17, 15) is 18.8 Å². The standard InChI is InChI=1S/C22H25FN2O4/c1-2-29-19-8-6-17(7-9-19)20(26)10-11-21(27)24-12-13-25-22(28)15-16-4-3-5-18(23)14-16/h3-9,14H,2,10-13,15H2,1H3,(H,24,27)(H,25,28). The van der Waals surface area contributed by atoms with E-state index in [1.54, 1.807) is 36.4 Å². The molecule has 6 nitrogen and oxygen atoms in total. The van der Waals surface area contributed by atoms with E-state index in [-0.39, 0.29) is 55.8 Å². The van der Waals surface area contributed by atoms with Crippen LogP contribution in [0.5, 0.6) is 5.75 Å². The second-order valence-electron chi connectivity index (χ2n) is 6.39. The van der Waals surface area contributed by atoms with Crippen molar-refractivity contribution < 1.29 is 23.5 Å². The number of hydrogen-bond donors (Lipinski definition) is 2. The van der Waals surface area contributed by atoms with Gasteiger partial charge in [-0.1, -0.05) is 12.1 Å². The first kappa shape index (κ1) is 22.1. The fourth-order valence-electron chi connectivity index (χ4n) is 2.66. The van der Waals surface area contributed by atoms with Gasteiger partial charge in [0.05, 0.1) is 13.0 Å². The molecular weight excluding hydrogens is 375 g/mol. The van der Waals surface area contributed by atoms with Crippen LogP contribution in [0.2, 0.25) is 0 Å². The van der Waals surface area contributed by atoms with Crippen LogP contribution < -0.4 is 15.4 Å². The number of halogens is 1. The van der Waals surface area contributed by atoms with Crippen LogP contribution in [-0.2, 0) is 16.0 Å². The van der Waals surface area contributed by atoms with E-state index in [0.29, 0.717) is 23.5 Å². The Kier molecular flexibility index (Phi) is 8.82. The number of carbonyl (C=O) groups excluding carboxylic acids is 3. The molecule has 2 amide bonds. The van der Waals surface area contributed by atoms with Crippen LogP contribution in [0, 0.1) is 5.82 Å². The van der Waals surface area contributed by atoms with Gasteiger partial charge in [0.1, 0.15) is 11.6 Å². The Morgan fingerprint density at radius 1 is 0.931 bits per heavy atom. The minimum absolute atomic E-state index is 0.0717. The van der Waals surface area contributed by atoms with Gasteiger partial charge in [-0.2, -0.15) is 0 Å². The third-order valence-electron chi connectivity index (χ3n) is 4.09. The van der Waals surface area contributed by atoms with Crippen molar-refractivity contribution in [2.75, 3.05) is 19.7 Å². The molecule has 0 radical (unpaired) electrons. The van der Waals surface area contributed by atoms with Gasteiger partial charge in [0.15, 0.2) is 5.78 Å². The van der Waals surface area contributed by atoms with Crippen molar-refractivity contribution >= 4 is 17.6 Å². The Balaban J connectivity index is 1.61. The van der Waals surface area contributed by atoms with Gasteiger partial charge in [0.25, 0.3) is 0 Å². The third kappa shape index (κ3) is 8.13. The molecule has 2 aromatic rings. The van der Waals surface area contributed by atoms with E-state index >= 15 is 0 Å². The Morgan fingerprint density at radius 2 is 1.62 bits per heavy atom. The van der Waals surface area contributed by atoms with Gasteiger partial charge in [-0.05, 0) is 48.9 Å². The molecule has 0 aliphatic heterocycles. The van der Waals surface area contributed by atoms with Crippen molar-refractivity contribution in [3.63, 3.8) is 0 Å². The maximum absolute atomic E-state index is 13.1. The maximum Gasteiger partial charge on any atom is 0.224 e. The van der Waals surface area contributed by atoms with E-state index in [1.807, 2.05) is 6.92 Å². The molecule has 0 saturated heterocycles. The molecule has 0 aromatic heterocycles. The minimum Gasteiger partial charge on any atom is -0.494 e. The van der Waals surface area contributed by atoms with Crippen molar-refractivity contribution in [1.82, 2.24) is 10.6 Å². The van der Waals surface area contributed by atoms with Gasteiger partial charge in [-0.3, -0.25) is 14.4 Å². The number of amides is 2. The summed E-state index contributed by atoms with van der Waals surface area (Å²) in [5.74, 6) is -0.325. The van der Waals surface area contributed by atoms with Gasteiger partial charge in [-0.15, -0.1) is 0 Å². The fourth-order valence-corrected chi connectivity index (χ4v) is 2.66. The largest absolute Gasteiger partial charge is 0.494 e. The zero-order valence-corrected chi connectivity index (χ0v) is 16.4. The first-order chi connectivity index (χ1) is 14.0. The Labute approximate surface area is 169 Å². The van der Waals surface area contributed by atoms with Crippen LogP contribution in [0.15, 0.2) is 48.5 Å². The fraction of sp³-hybridized carbons (Fsp3) is 0.318. The lowest BCUT2D eigenvalue weighted by Crippen LogP contribution is -2.35. The Morgan fingerprint density at radius 3 is 2.28 bits per heavy atom. The van der Waals surface area contributed by atoms with Gasteiger partial charge in [0, 0.05) is 31.5 Å². The van der Waals surface area contributed by atoms with Crippen molar-refractivity contribution in [3.8, 4) is 5.75 Å². The highest BCUT2D eigenvalue weighted by Gasteiger charge is 2.10. The average molecular weight is 400 g/mol. The van der Waals surface area contributed by atoms with Crippen molar-refractivity contribution in [2.45, 2.75) is 26.2 Å². The predicted molar refractivity (Wildman–Crippen MR) is 107 cm³/mol. The monoisotopic (exact) mass is 400 g/mol. The topological polar surface area (TPSA) is 84.5 Å². The molecule has 2 aromatic carbocycles. The van der Waals surface area contributed by atoms with Crippen molar-refractivity contribution in [2.24, 2.45) is 0 Å². The summed E-state index contributed by atoms with van der Waals surface area (Å²) in [5.41, 5.74) is 1.12. The molecule has 0 unspecified atom stereocenters. The molecule has 0 heterocycles. The van der Waals surface area contributed by atoms with Crippen LogP contribution in [0.3, 0.4) is 0 Å². The molecule has 2 rings (SSSR count). The SMILES string of the molecule is CCOc1ccc(C(=O)CCC(=O)NCCNC(=O)Cc2cccc(F)c2)cc1. The van der Waals surface area contributed by atoms with E-state index in [0.717, 1.165) is 0 Å². The van der Waals surface area contributed by atoms with E-state index < -0.39 is 0 Å². The number of ether oxygens (including phenoxy) is 1. The van der Waals surface area contributed by atoms with Gasteiger partial charge < -0.3 is 15.4 Å². The van der Waals surface area contributed by atoms with E-state index in [2.05, 4.69) is 10.6 Å². The molecule has 0 bridgehead atoms. The lowest BCUT2D eigenvalue weighted by atomic mass is 10.1. The quantitative estimate of drug-likeness (QED) is 0.449. The molecule has 29 heavy (non-hydrogen) atoms. The lowest BCUT2D eigenvalue weighted by molar-refractivity contribution is -0.122. The highest BCUT2D eigenvalue weighted by Crippen LogP contribution is 2.14. The average Bonchev–Trinajstić information content (AvgIpc) is 2.70. The number of Topliss-reactive ketones (excluding diaryl/α,β-unsaturated/α-hetero) is 1. The van der Waals surface area contributed by atoms with Crippen LogP contribution >= 0.6 is 0 Å². The molecule has 0 atom stereocenters. The zero-order valence-electron chi connectivity index (χ0n) is 16.4. The third-order valence-corrected chi connectivity index (χ3v) is 4.09. The van der Waals surface area contributed by atoms with Crippen LogP contribution in [0.4, 0.5) is 4.39 Å². The molecule has 0 saturated carbocycles. The summed E-state index contributed by atoms with van der Waals surface area (Å²) in [6, 6.07) is 12.7. The zero-order chi connectivity index (χ0) is 21.1. The molecule has 0 aliphatic rings. The number of hydrogen-bond acceptors (Lipinski definition) is 4. The number of rotatable bonds is 11. The summed E-state index contributed by atoms with van der Waals surface area (Å²) in [5, 5.41) is 5.32. The first-order valence-electron chi connectivity index (χ1n) is 9.52. The molecule has 2 N–H and O–H groups in total. The summed E-state index contributed by atoms with van der Waals surface area (Å²) < 4.78 is 18.4. The van der Waals surface area contributed by atoms with E-state index in [1.165, 1.54) is 12.1 Å². The van der Waals surface area contributed by atoms with Crippen molar-refractivity contribution in [1.29, 1.82) is 0 Å². The van der Waals surface area contributed by atoms with Gasteiger partial charge in [-0.25, -0.2) is 4.39 Å². The molecule has 154 valence electrons. The number of benzene rings is 2. The minimum atomic E-state index is -0.387. The maximum atomic E-state index is 13.1.